The van der Waals surface area contributed by atoms with Gasteiger partial charge in [-0.2, -0.15) is 17.5 Å². The molecule has 0 heterocycles. The molecule has 0 aromatic heterocycles. The summed E-state index contributed by atoms with van der Waals surface area (Å²) in [5, 5.41) is 2.66. The van der Waals surface area contributed by atoms with Gasteiger partial charge in [-0.1, -0.05) is 26.8 Å². The minimum Gasteiger partial charge on any atom is -0.168 e. The van der Waals surface area contributed by atoms with Crippen LogP contribution in [0.5, 0.6) is 0 Å². The van der Waals surface area contributed by atoms with Crippen LogP contribution in [0.2, 0.25) is 0 Å². The molecule has 0 unspecified atom stereocenters. The Bertz CT molecular complexity index is 377. The Morgan fingerprint density at radius 3 is 1.80 bits per heavy atom. The molecular formula is C15H25Cl2NSiTi-4. The second-order valence-corrected chi connectivity index (χ2v) is 4.40. The van der Waals surface area contributed by atoms with Gasteiger partial charge in [0.05, 0.1) is 0 Å². The smallest absolute Gasteiger partial charge is 0.0809 e. The van der Waals surface area contributed by atoms with Crippen molar-refractivity contribution >= 4 is 43.2 Å². The van der Waals surface area contributed by atoms with Crippen molar-refractivity contribution in [3.8, 4) is 0 Å². The first-order valence-corrected chi connectivity index (χ1v) is 7.91. The van der Waals surface area contributed by atoms with E-state index in [1.807, 2.05) is 20.8 Å². The van der Waals surface area contributed by atoms with E-state index < -0.39 is 0 Å². The minimum atomic E-state index is -0.250. The third-order valence-corrected chi connectivity index (χ3v) is 1.55. The van der Waals surface area contributed by atoms with Gasteiger partial charge in [-0.15, -0.1) is 60.0 Å². The van der Waals surface area contributed by atoms with Crippen LogP contribution in [0.3, 0.4) is 0 Å². The molecule has 1 nitrogen and oxygen atoms in total. The summed E-state index contributed by atoms with van der Waals surface area (Å²) in [6.07, 6.45) is 0. The van der Waals surface area contributed by atoms with E-state index in [2.05, 4.69) is 50.1 Å². The Hall–Kier alpha value is 0.301. The molecule has 2 aromatic carbocycles. The molecule has 5 heteroatoms. The van der Waals surface area contributed by atoms with Gasteiger partial charge in [0.1, 0.15) is 0 Å². The van der Waals surface area contributed by atoms with E-state index in [0.29, 0.717) is 0 Å². The summed E-state index contributed by atoms with van der Waals surface area (Å²) in [7, 11) is 2.97. The van der Waals surface area contributed by atoms with Crippen LogP contribution >= 0.6 is 24.8 Å². The number of halogens is 2. The largest absolute Gasteiger partial charge is 0.168 e. The zero-order chi connectivity index (χ0) is 12.6. The fraction of sp³-hybridized carbons (Fsp3) is 0.267. The predicted molar refractivity (Wildman–Crippen MR) is 96.7 cm³/mol. The van der Waals surface area contributed by atoms with Gasteiger partial charge in [0, 0.05) is 0 Å². The predicted octanol–water partition coefficient (Wildman–Crippen LogP) is 5.76. The van der Waals surface area contributed by atoms with E-state index in [9.17, 15) is 0 Å². The maximum Gasteiger partial charge on any atom is -0.0809 e. The van der Waals surface area contributed by atoms with Crippen LogP contribution in [-0.2, 0) is 19.2 Å². The third-order valence-electron chi connectivity index (χ3n) is 1.55. The summed E-state index contributed by atoms with van der Waals surface area (Å²) in [5.74, 6) is 0. The maximum atomic E-state index is 6.94. The second-order valence-electron chi connectivity index (χ2n) is 4.40. The van der Waals surface area contributed by atoms with Crippen molar-refractivity contribution in [1.82, 2.24) is 0 Å². The molecule has 20 heavy (non-hydrogen) atoms. The Morgan fingerprint density at radius 1 is 1.00 bits per heavy atom. The van der Waals surface area contributed by atoms with Crippen molar-refractivity contribution in [2.45, 2.75) is 26.3 Å². The minimum absolute atomic E-state index is 0. The number of benzene rings is 1. The molecule has 2 radical (unpaired) electrons. The van der Waals surface area contributed by atoms with Gasteiger partial charge >= 0.3 is 26.8 Å². The van der Waals surface area contributed by atoms with Gasteiger partial charge in [-0.05, 0) is 0 Å². The van der Waals surface area contributed by atoms with Crippen LogP contribution in [0.1, 0.15) is 20.8 Å². The van der Waals surface area contributed by atoms with Crippen LogP contribution in [0.25, 0.3) is 16.5 Å². The van der Waals surface area contributed by atoms with Crippen molar-refractivity contribution < 1.29 is 19.2 Å². The molecule has 0 saturated carbocycles. The molecule has 0 bridgehead atoms. The monoisotopic (exact) mass is 365 g/mol. The summed E-state index contributed by atoms with van der Waals surface area (Å²) in [4.78, 5) is 0. The summed E-state index contributed by atoms with van der Waals surface area (Å²) < 4.78 is 0. The van der Waals surface area contributed by atoms with Crippen molar-refractivity contribution in [2.75, 3.05) is 0 Å². The SMILES string of the molecule is CC(C)(C)[NH-].Cl.Cl.[CH3-].[CH3-].[Si]=[Ti].c1ccc2[cH-]ccc2c1. The molecule has 0 aliphatic heterocycles. The molecule has 0 saturated heterocycles. The molecule has 0 amide bonds. The molecule has 116 valence electrons. The van der Waals surface area contributed by atoms with E-state index in [4.69, 9.17) is 5.73 Å². The molecule has 2 aromatic rings. The summed E-state index contributed by atoms with van der Waals surface area (Å²) >= 11 is 1.81. The summed E-state index contributed by atoms with van der Waals surface area (Å²) in [6.45, 7) is 5.56. The van der Waals surface area contributed by atoms with Crippen LogP contribution in [0.15, 0.2) is 42.5 Å². The Kier molecular flexibility index (Phi) is 28.0. The zero-order valence-corrected chi connectivity index (χ0v) is 17.1. The third kappa shape index (κ3) is 18.3. The first-order valence-electron chi connectivity index (χ1n) is 5.07. The van der Waals surface area contributed by atoms with Gasteiger partial charge in [-0.3, -0.25) is 0 Å². The van der Waals surface area contributed by atoms with Crippen molar-refractivity contribution in [3.63, 3.8) is 0 Å². The van der Waals surface area contributed by atoms with Gasteiger partial charge in [0.25, 0.3) is 0 Å². The molecule has 2 rings (SSSR count). The van der Waals surface area contributed by atoms with Crippen LogP contribution < -0.4 is 0 Å². The number of fused-ring (bicyclic) bond motifs is 1. The zero-order valence-electron chi connectivity index (χ0n) is 12.9. The van der Waals surface area contributed by atoms with Gasteiger partial charge in [0.2, 0.25) is 0 Å². The summed E-state index contributed by atoms with van der Waals surface area (Å²) in [6, 6.07) is 14.7. The Labute approximate surface area is 151 Å². The number of hydrogen-bond acceptors (Lipinski definition) is 0. The van der Waals surface area contributed by atoms with E-state index >= 15 is 0 Å². The topological polar surface area (TPSA) is 23.8 Å². The standard InChI is InChI=1S/C9H7.C4H10N.2CH3.2ClH.Si.Ti/c1-2-5-9-7-3-6-8(9)4-1;1-4(2,3)5;;;;;;/h1-7H;5H,1-3H3;2*1H3;2*1H;;/q4*-1;;;;. The molecule has 0 aliphatic carbocycles. The molecule has 1 N–H and O–H groups in total. The van der Waals surface area contributed by atoms with Crippen LogP contribution in [0, 0.1) is 14.9 Å². The number of nitrogens with one attached hydrogen (secondary N) is 1. The molecule has 0 spiro atoms. The van der Waals surface area contributed by atoms with Crippen molar-refractivity contribution in [3.05, 3.63) is 63.1 Å². The quantitative estimate of drug-likeness (QED) is 0.418. The van der Waals surface area contributed by atoms with E-state index in [1.54, 1.807) is 19.2 Å². The van der Waals surface area contributed by atoms with Crippen LogP contribution in [0.4, 0.5) is 0 Å². The second kappa shape index (κ2) is 17.4. The summed E-state index contributed by atoms with van der Waals surface area (Å²) in [5.41, 5.74) is 6.69. The molecule has 0 fully saturated rings. The first kappa shape index (κ1) is 32.3. The first-order chi connectivity index (χ1) is 7.47. The van der Waals surface area contributed by atoms with E-state index in [0.717, 1.165) is 0 Å². The molecular weight excluding hydrogens is 341 g/mol. The van der Waals surface area contributed by atoms with E-state index in [-0.39, 0.29) is 45.2 Å². The number of rotatable bonds is 0. The normalized spacial score (nSPS) is 7.75. The Morgan fingerprint density at radius 2 is 1.40 bits per heavy atom. The van der Waals surface area contributed by atoms with E-state index in [1.165, 1.54) is 10.8 Å². The average molecular weight is 366 g/mol. The fourth-order valence-electron chi connectivity index (χ4n) is 1.07. The van der Waals surface area contributed by atoms with Gasteiger partial charge in [0.15, 0.2) is 0 Å². The maximum absolute atomic E-state index is 6.94. The van der Waals surface area contributed by atoms with Gasteiger partial charge in [-0.25, -0.2) is 0 Å². The van der Waals surface area contributed by atoms with Gasteiger partial charge < -0.3 is 20.6 Å². The van der Waals surface area contributed by atoms with Crippen molar-refractivity contribution in [2.24, 2.45) is 0 Å². The molecule has 0 aliphatic rings. The van der Waals surface area contributed by atoms with Crippen molar-refractivity contribution in [1.29, 1.82) is 0 Å². The Balaban J connectivity index is -0.0000000616. The molecule has 0 atom stereocenters. The number of hydrogen-bond donors (Lipinski definition) is 0. The van der Waals surface area contributed by atoms with Crippen LogP contribution in [-0.4, -0.2) is 13.2 Å². The average Bonchev–Trinajstić information content (AvgIpc) is 2.66. The fourth-order valence-corrected chi connectivity index (χ4v) is 1.07.